The van der Waals surface area contributed by atoms with E-state index in [2.05, 4.69) is 4.74 Å². The van der Waals surface area contributed by atoms with Crippen LogP contribution in [0, 0.1) is 11.8 Å². The smallest absolute Gasteiger partial charge is 0.311 e. The molecule has 2 atom stereocenters. The van der Waals surface area contributed by atoms with Crippen molar-refractivity contribution in [3.8, 4) is 0 Å². The molecule has 0 aromatic heterocycles. The van der Waals surface area contributed by atoms with Crippen LogP contribution in [0.25, 0.3) is 0 Å². The Balaban J connectivity index is 2.63. The number of carbonyl (C=O) groups is 2. The molecule has 0 aromatic rings. The van der Waals surface area contributed by atoms with Gasteiger partial charge in [-0.2, -0.15) is 0 Å². The molecule has 0 aliphatic carbocycles. The average Bonchev–Trinajstić information content (AvgIpc) is 2.50. The fourth-order valence-electron chi connectivity index (χ4n) is 1.18. The molecular formula is C7H10O5. The first-order chi connectivity index (χ1) is 5.66. The fourth-order valence-corrected chi connectivity index (χ4v) is 1.18. The summed E-state index contributed by atoms with van der Waals surface area (Å²) in [4.78, 5) is 21.5. The van der Waals surface area contributed by atoms with Gasteiger partial charge < -0.3 is 14.6 Å². The minimum absolute atomic E-state index is 0.0924. The standard InChI is InChI=1S/C7H10O5/c1-11-7(10)5-3-12-2-4(5)6(8)9/h4-5H,2-3H2,1H3,(H,8,9)/t4-,5-/m1/s1. The molecule has 5 heteroatoms. The Morgan fingerprint density at radius 2 is 2.00 bits per heavy atom. The van der Waals surface area contributed by atoms with Crippen LogP contribution in [0.3, 0.4) is 0 Å². The summed E-state index contributed by atoms with van der Waals surface area (Å²) < 4.78 is 9.30. The second-order valence-corrected chi connectivity index (χ2v) is 2.61. The van der Waals surface area contributed by atoms with Gasteiger partial charge in [0.05, 0.1) is 32.2 Å². The molecular weight excluding hydrogens is 164 g/mol. The van der Waals surface area contributed by atoms with Crippen molar-refractivity contribution >= 4 is 11.9 Å². The van der Waals surface area contributed by atoms with Gasteiger partial charge in [0.1, 0.15) is 0 Å². The SMILES string of the molecule is COC(=O)[C@@H]1COC[C@H]1C(=O)O. The van der Waals surface area contributed by atoms with E-state index in [9.17, 15) is 9.59 Å². The van der Waals surface area contributed by atoms with Gasteiger partial charge in [0.2, 0.25) is 0 Å². The lowest BCUT2D eigenvalue weighted by Gasteiger charge is -2.09. The zero-order valence-corrected chi connectivity index (χ0v) is 6.65. The molecule has 68 valence electrons. The second kappa shape index (κ2) is 3.53. The third kappa shape index (κ3) is 1.55. The number of rotatable bonds is 2. The van der Waals surface area contributed by atoms with Crippen LogP contribution >= 0.6 is 0 Å². The molecule has 1 aliphatic heterocycles. The summed E-state index contributed by atoms with van der Waals surface area (Å²) in [5.41, 5.74) is 0. The van der Waals surface area contributed by atoms with Gasteiger partial charge in [-0.25, -0.2) is 0 Å². The Bertz CT molecular complexity index is 200. The van der Waals surface area contributed by atoms with E-state index >= 15 is 0 Å². The average molecular weight is 174 g/mol. The number of carboxylic acid groups (broad SMARTS) is 1. The van der Waals surface area contributed by atoms with E-state index < -0.39 is 23.8 Å². The Hall–Kier alpha value is -1.10. The molecule has 1 heterocycles. The van der Waals surface area contributed by atoms with Gasteiger partial charge in [-0.05, 0) is 0 Å². The summed E-state index contributed by atoms with van der Waals surface area (Å²) in [6, 6.07) is 0. The molecule has 1 saturated heterocycles. The van der Waals surface area contributed by atoms with Crippen molar-refractivity contribution in [1.29, 1.82) is 0 Å². The third-order valence-corrected chi connectivity index (χ3v) is 1.90. The highest BCUT2D eigenvalue weighted by molar-refractivity contribution is 5.81. The van der Waals surface area contributed by atoms with Crippen molar-refractivity contribution in [2.24, 2.45) is 11.8 Å². The predicted octanol–water partition coefficient (Wildman–Crippen LogP) is -0.493. The highest BCUT2D eigenvalue weighted by Crippen LogP contribution is 2.21. The van der Waals surface area contributed by atoms with Crippen molar-refractivity contribution in [3.63, 3.8) is 0 Å². The molecule has 1 aliphatic rings. The van der Waals surface area contributed by atoms with E-state index in [1.54, 1.807) is 0 Å². The van der Waals surface area contributed by atoms with Crippen LogP contribution in [-0.4, -0.2) is 37.4 Å². The van der Waals surface area contributed by atoms with Crippen LogP contribution in [0.5, 0.6) is 0 Å². The minimum atomic E-state index is -1.01. The molecule has 1 N–H and O–H groups in total. The summed E-state index contributed by atoms with van der Waals surface area (Å²) in [5.74, 6) is -2.92. The summed E-state index contributed by atoms with van der Waals surface area (Å²) in [7, 11) is 1.24. The first-order valence-electron chi connectivity index (χ1n) is 3.55. The van der Waals surface area contributed by atoms with Gasteiger partial charge in [0, 0.05) is 0 Å². The lowest BCUT2D eigenvalue weighted by atomic mass is 9.97. The van der Waals surface area contributed by atoms with E-state index in [1.165, 1.54) is 7.11 Å². The van der Waals surface area contributed by atoms with E-state index in [-0.39, 0.29) is 13.2 Å². The molecule has 1 fully saturated rings. The van der Waals surface area contributed by atoms with Crippen LogP contribution in [-0.2, 0) is 19.1 Å². The summed E-state index contributed by atoms with van der Waals surface area (Å²) >= 11 is 0. The first kappa shape index (κ1) is 8.99. The van der Waals surface area contributed by atoms with Crippen molar-refractivity contribution in [3.05, 3.63) is 0 Å². The number of ether oxygens (including phenoxy) is 2. The number of methoxy groups -OCH3 is 1. The largest absolute Gasteiger partial charge is 0.481 e. The van der Waals surface area contributed by atoms with Crippen LogP contribution in [0.2, 0.25) is 0 Å². The summed E-state index contributed by atoms with van der Waals surface area (Å²) in [5, 5.41) is 8.64. The minimum Gasteiger partial charge on any atom is -0.481 e. The molecule has 0 aromatic carbocycles. The zero-order valence-electron chi connectivity index (χ0n) is 6.65. The fraction of sp³-hybridized carbons (Fsp3) is 0.714. The number of aliphatic carboxylic acids is 1. The number of hydrogen-bond donors (Lipinski definition) is 1. The van der Waals surface area contributed by atoms with Crippen molar-refractivity contribution in [2.45, 2.75) is 0 Å². The molecule has 0 bridgehead atoms. The Kier molecular flexibility index (Phi) is 2.65. The molecule has 0 saturated carbocycles. The van der Waals surface area contributed by atoms with Gasteiger partial charge in [0.15, 0.2) is 0 Å². The lowest BCUT2D eigenvalue weighted by Crippen LogP contribution is -2.29. The maximum atomic E-state index is 11.0. The van der Waals surface area contributed by atoms with Crippen LogP contribution in [0.4, 0.5) is 0 Å². The molecule has 0 unspecified atom stereocenters. The quantitative estimate of drug-likeness (QED) is 0.571. The molecule has 0 radical (unpaired) electrons. The highest BCUT2D eigenvalue weighted by Gasteiger charge is 2.39. The maximum absolute atomic E-state index is 11.0. The topological polar surface area (TPSA) is 72.8 Å². The number of carbonyl (C=O) groups excluding carboxylic acids is 1. The monoisotopic (exact) mass is 174 g/mol. The van der Waals surface area contributed by atoms with E-state index in [1.807, 2.05) is 0 Å². The Morgan fingerprint density at radius 3 is 2.50 bits per heavy atom. The van der Waals surface area contributed by atoms with Crippen molar-refractivity contribution in [1.82, 2.24) is 0 Å². The van der Waals surface area contributed by atoms with Gasteiger partial charge in [0.25, 0.3) is 0 Å². The Morgan fingerprint density at radius 1 is 1.42 bits per heavy atom. The molecule has 0 spiro atoms. The molecule has 5 nitrogen and oxygen atoms in total. The molecule has 1 rings (SSSR count). The van der Waals surface area contributed by atoms with Crippen molar-refractivity contribution < 1.29 is 24.2 Å². The van der Waals surface area contributed by atoms with E-state index in [0.29, 0.717) is 0 Å². The Labute approximate surface area is 69.3 Å². The zero-order chi connectivity index (χ0) is 9.14. The number of carboxylic acids is 1. The van der Waals surface area contributed by atoms with Gasteiger partial charge in [-0.3, -0.25) is 9.59 Å². The molecule has 0 amide bonds. The lowest BCUT2D eigenvalue weighted by molar-refractivity contribution is -0.153. The molecule has 12 heavy (non-hydrogen) atoms. The normalized spacial score (nSPS) is 28.4. The van der Waals surface area contributed by atoms with Gasteiger partial charge in [-0.1, -0.05) is 0 Å². The number of hydrogen-bond acceptors (Lipinski definition) is 4. The van der Waals surface area contributed by atoms with E-state index in [0.717, 1.165) is 0 Å². The first-order valence-corrected chi connectivity index (χ1v) is 3.55. The predicted molar refractivity (Wildman–Crippen MR) is 37.5 cm³/mol. The van der Waals surface area contributed by atoms with Gasteiger partial charge >= 0.3 is 11.9 Å². The van der Waals surface area contributed by atoms with Crippen molar-refractivity contribution in [2.75, 3.05) is 20.3 Å². The maximum Gasteiger partial charge on any atom is 0.311 e. The summed E-state index contributed by atoms with van der Waals surface area (Å²) in [6.45, 7) is 0.235. The second-order valence-electron chi connectivity index (χ2n) is 2.61. The van der Waals surface area contributed by atoms with Crippen LogP contribution < -0.4 is 0 Å². The third-order valence-electron chi connectivity index (χ3n) is 1.90. The number of esters is 1. The van der Waals surface area contributed by atoms with E-state index in [4.69, 9.17) is 9.84 Å². The van der Waals surface area contributed by atoms with Crippen LogP contribution in [0.1, 0.15) is 0 Å². The van der Waals surface area contributed by atoms with Crippen LogP contribution in [0.15, 0.2) is 0 Å². The van der Waals surface area contributed by atoms with Gasteiger partial charge in [-0.15, -0.1) is 0 Å². The summed E-state index contributed by atoms with van der Waals surface area (Å²) in [6.07, 6.45) is 0. The highest BCUT2D eigenvalue weighted by atomic mass is 16.5.